The monoisotopic (exact) mass is 233 g/mol. The van der Waals surface area contributed by atoms with Crippen LogP contribution in [0.1, 0.15) is 32.3 Å². The van der Waals surface area contributed by atoms with Gasteiger partial charge in [0.25, 0.3) is 0 Å². The zero-order valence-corrected chi connectivity index (χ0v) is 10.9. The minimum atomic E-state index is 0.454. The summed E-state index contributed by atoms with van der Waals surface area (Å²) in [5.41, 5.74) is 2.40. The van der Waals surface area contributed by atoms with Gasteiger partial charge in [-0.05, 0) is 32.8 Å². The molecule has 0 fully saturated rings. The smallest absolute Gasteiger partial charge is 0.0736 e. The average molecular weight is 233 g/mol. The lowest BCUT2D eigenvalue weighted by Gasteiger charge is -2.17. The lowest BCUT2D eigenvalue weighted by Crippen LogP contribution is -2.16. The molecule has 1 rings (SSSR count). The zero-order chi connectivity index (χ0) is 12.5. The highest BCUT2D eigenvalue weighted by molar-refractivity contribution is 5.51. The minimum Gasteiger partial charge on any atom is -0.382 e. The number of anilines is 1. The maximum absolute atomic E-state index is 5.47. The number of ether oxygens (including phenoxy) is 1. The Hall–Kier alpha value is -1.28. The van der Waals surface area contributed by atoms with Crippen molar-refractivity contribution in [3.8, 4) is 0 Å². The van der Waals surface area contributed by atoms with Crippen LogP contribution < -0.4 is 5.32 Å². The van der Waals surface area contributed by atoms with Crippen molar-refractivity contribution >= 4 is 5.69 Å². The SMILES string of the molecule is C=CCCC(C)Nc1ccccc1COCC. The molecule has 0 aromatic heterocycles. The van der Waals surface area contributed by atoms with Crippen LogP contribution in [0.5, 0.6) is 0 Å². The predicted octanol–water partition coefficient (Wildman–Crippen LogP) is 3.99. The lowest BCUT2D eigenvalue weighted by molar-refractivity contribution is 0.134. The van der Waals surface area contributed by atoms with Gasteiger partial charge in [-0.15, -0.1) is 6.58 Å². The largest absolute Gasteiger partial charge is 0.382 e. The van der Waals surface area contributed by atoms with E-state index in [0.717, 1.165) is 19.4 Å². The summed E-state index contributed by atoms with van der Waals surface area (Å²) in [6.07, 6.45) is 4.11. The van der Waals surface area contributed by atoms with Crippen LogP contribution in [0, 0.1) is 0 Å². The summed E-state index contributed by atoms with van der Waals surface area (Å²) in [5, 5.41) is 3.53. The van der Waals surface area contributed by atoms with Crippen LogP contribution in [0.4, 0.5) is 5.69 Å². The van der Waals surface area contributed by atoms with Crippen LogP contribution >= 0.6 is 0 Å². The number of para-hydroxylation sites is 1. The van der Waals surface area contributed by atoms with Crippen molar-refractivity contribution in [2.75, 3.05) is 11.9 Å². The second-order valence-corrected chi connectivity index (χ2v) is 4.21. The Kier molecular flexibility index (Phi) is 6.41. The highest BCUT2D eigenvalue weighted by Gasteiger charge is 2.05. The van der Waals surface area contributed by atoms with E-state index < -0.39 is 0 Å². The lowest BCUT2D eigenvalue weighted by atomic mass is 10.1. The summed E-state index contributed by atoms with van der Waals surface area (Å²) in [6.45, 7) is 9.39. The molecule has 0 spiro atoms. The fraction of sp³-hybridized carbons (Fsp3) is 0.467. The first-order valence-corrected chi connectivity index (χ1v) is 6.31. The van der Waals surface area contributed by atoms with Crippen LogP contribution in [0.3, 0.4) is 0 Å². The Bertz CT molecular complexity index is 335. The molecule has 0 heterocycles. The van der Waals surface area contributed by atoms with Crippen LogP contribution in [0.2, 0.25) is 0 Å². The number of hydrogen-bond donors (Lipinski definition) is 1. The Morgan fingerprint density at radius 1 is 1.41 bits per heavy atom. The molecule has 0 saturated heterocycles. The molecular weight excluding hydrogens is 210 g/mol. The van der Waals surface area contributed by atoms with Gasteiger partial charge >= 0.3 is 0 Å². The summed E-state index contributed by atoms with van der Waals surface area (Å²) in [6, 6.07) is 8.78. The van der Waals surface area contributed by atoms with Crippen LogP contribution in [-0.4, -0.2) is 12.6 Å². The normalized spacial score (nSPS) is 12.1. The first-order chi connectivity index (χ1) is 8.27. The van der Waals surface area contributed by atoms with Gasteiger partial charge in [-0.3, -0.25) is 0 Å². The second-order valence-electron chi connectivity index (χ2n) is 4.21. The number of benzene rings is 1. The Morgan fingerprint density at radius 3 is 2.88 bits per heavy atom. The molecule has 1 N–H and O–H groups in total. The first kappa shape index (κ1) is 13.8. The maximum atomic E-state index is 5.47. The standard InChI is InChI=1S/C15H23NO/c1-4-6-9-13(3)16-15-11-8-7-10-14(15)12-17-5-2/h4,7-8,10-11,13,16H,1,5-6,9,12H2,2-3H3. The van der Waals surface area contributed by atoms with Crippen LogP contribution in [0.15, 0.2) is 36.9 Å². The van der Waals surface area contributed by atoms with E-state index in [1.807, 2.05) is 19.1 Å². The molecule has 0 aliphatic heterocycles. The highest BCUT2D eigenvalue weighted by atomic mass is 16.5. The molecule has 0 bridgehead atoms. The summed E-state index contributed by atoms with van der Waals surface area (Å²) in [5.74, 6) is 0. The highest BCUT2D eigenvalue weighted by Crippen LogP contribution is 2.18. The number of hydrogen-bond acceptors (Lipinski definition) is 2. The topological polar surface area (TPSA) is 21.3 Å². The van der Waals surface area contributed by atoms with E-state index >= 15 is 0 Å². The van der Waals surface area contributed by atoms with Gasteiger partial charge in [0.15, 0.2) is 0 Å². The minimum absolute atomic E-state index is 0.454. The quantitative estimate of drug-likeness (QED) is 0.685. The van der Waals surface area contributed by atoms with Gasteiger partial charge in [-0.1, -0.05) is 24.3 Å². The molecule has 17 heavy (non-hydrogen) atoms. The van der Waals surface area contributed by atoms with Crippen molar-refractivity contribution in [1.29, 1.82) is 0 Å². The van der Waals surface area contributed by atoms with E-state index in [9.17, 15) is 0 Å². The Balaban J connectivity index is 2.58. The maximum Gasteiger partial charge on any atom is 0.0736 e. The average Bonchev–Trinajstić information content (AvgIpc) is 2.35. The van der Waals surface area contributed by atoms with E-state index in [2.05, 4.69) is 37.0 Å². The van der Waals surface area contributed by atoms with Gasteiger partial charge in [0.05, 0.1) is 6.61 Å². The molecule has 2 nitrogen and oxygen atoms in total. The molecule has 0 saturated carbocycles. The molecule has 1 atom stereocenters. The van der Waals surface area contributed by atoms with Gasteiger partial charge in [-0.2, -0.15) is 0 Å². The van der Waals surface area contributed by atoms with E-state index in [0.29, 0.717) is 12.6 Å². The van der Waals surface area contributed by atoms with Crippen molar-refractivity contribution in [3.05, 3.63) is 42.5 Å². The summed E-state index contributed by atoms with van der Waals surface area (Å²) < 4.78 is 5.47. The van der Waals surface area contributed by atoms with E-state index in [-0.39, 0.29) is 0 Å². The van der Waals surface area contributed by atoms with Crippen LogP contribution in [0.25, 0.3) is 0 Å². The predicted molar refractivity (Wildman–Crippen MR) is 74.3 cm³/mol. The van der Waals surface area contributed by atoms with Gasteiger partial charge < -0.3 is 10.1 Å². The molecule has 0 aliphatic carbocycles. The van der Waals surface area contributed by atoms with Crippen molar-refractivity contribution < 1.29 is 4.74 Å². The molecule has 94 valence electrons. The molecule has 2 heteroatoms. The number of rotatable bonds is 8. The third-order valence-electron chi connectivity index (χ3n) is 2.68. The zero-order valence-electron chi connectivity index (χ0n) is 10.9. The molecule has 0 aliphatic rings. The van der Waals surface area contributed by atoms with Gasteiger partial charge in [0.1, 0.15) is 0 Å². The molecule has 1 aromatic carbocycles. The van der Waals surface area contributed by atoms with Crippen molar-refractivity contribution in [3.63, 3.8) is 0 Å². The fourth-order valence-electron chi connectivity index (χ4n) is 1.70. The van der Waals surface area contributed by atoms with Crippen molar-refractivity contribution in [2.24, 2.45) is 0 Å². The molecule has 1 unspecified atom stereocenters. The van der Waals surface area contributed by atoms with Crippen molar-refractivity contribution in [2.45, 2.75) is 39.3 Å². The Morgan fingerprint density at radius 2 is 2.18 bits per heavy atom. The number of allylic oxidation sites excluding steroid dienone is 1. The van der Waals surface area contributed by atoms with Gasteiger partial charge in [-0.25, -0.2) is 0 Å². The summed E-state index contributed by atoms with van der Waals surface area (Å²) in [7, 11) is 0. The number of nitrogens with one attached hydrogen (secondary N) is 1. The Labute approximate surface area is 105 Å². The second kappa shape index (κ2) is 7.91. The molecule has 0 radical (unpaired) electrons. The van der Waals surface area contributed by atoms with Crippen LogP contribution in [-0.2, 0) is 11.3 Å². The van der Waals surface area contributed by atoms with Crippen molar-refractivity contribution in [1.82, 2.24) is 0 Å². The third-order valence-corrected chi connectivity index (χ3v) is 2.68. The third kappa shape index (κ3) is 5.05. The van der Waals surface area contributed by atoms with E-state index in [1.54, 1.807) is 0 Å². The van der Waals surface area contributed by atoms with E-state index in [4.69, 9.17) is 4.74 Å². The fourth-order valence-corrected chi connectivity index (χ4v) is 1.70. The molecular formula is C15H23NO. The summed E-state index contributed by atoms with van der Waals surface area (Å²) in [4.78, 5) is 0. The van der Waals surface area contributed by atoms with Gasteiger partial charge in [0, 0.05) is 23.9 Å². The van der Waals surface area contributed by atoms with Gasteiger partial charge in [0.2, 0.25) is 0 Å². The molecule has 0 amide bonds. The first-order valence-electron chi connectivity index (χ1n) is 6.31. The van der Waals surface area contributed by atoms with E-state index in [1.165, 1.54) is 11.3 Å². The molecule has 1 aromatic rings. The summed E-state index contributed by atoms with van der Waals surface area (Å²) >= 11 is 0.